The Morgan fingerprint density at radius 1 is 1.50 bits per heavy atom. The molecule has 1 aromatic carbocycles. The van der Waals surface area contributed by atoms with E-state index >= 15 is 0 Å². The zero-order valence-electron chi connectivity index (χ0n) is 9.55. The highest BCUT2D eigenvalue weighted by molar-refractivity contribution is 9.10. The largest absolute Gasteiger partial charge is 0.462 e. The zero-order chi connectivity index (χ0) is 12.1. The number of hydrogen-bond donors (Lipinski definition) is 1. The van der Waals surface area contributed by atoms with Gasteiger partial charge in [-0.3, -0.25) is 0 Å². The maximum absolute atomic E-state index is 11.7. The molecule has 0 saturated heterocycles. The van der Waals surface area contributed by atoms with E-state index in [0.29, 0.717) is 17.9 Å². The van der Waals surface area contributed by atoms with E-state index in [9.17, 15) is 4.79 Å². The third-order valence-corrected chi connectivity index (χ3v) is 2.82. The summed E-state index contributed by atoms with van der Waals surface area (Å²) < 4.78 is 5.93. The van der Waals surface area contributed by atoms with E-state index < -0.39 is 0 Å². The van der Waals surface area contributed by atoms with Crippen LogP contribution in [0, 0.1) is 6.92 Å². The van der Waals surface area contributed by atoms with Crippen molar-refractivity contribution in [3.8, 4) is 0 Å². The smallest absolute Gasteiger partial charge is 0.338 e. The average Bonchev–Trinajstić information content (AvgIpc) is 2.23. The Morgan fingerprint density at radius 2 is 2.19 bits per heavy atom. The Hall–Kier alpha value is -1.03. The Labute approximate surface area is 104 Å². The number of nitrogen functional groups attached to an aromatic ring is 1. The number of nitrogens with two attached hydrogens (primary N) is 1. The maximum Gasteiger partial charge on any atom is 0.338 e. The number of hydrogen-bond acceptors (Lipinski definition) is 3. The first-order valence-electron chi connectivity index (χ1n) is 5.29. The predicted octanol–water partition coefficient (Wildman–Crippen LogP) is 3.30. The van der Waals surface area contributed by atoms with Crippen LogP contribution in [0.4, 0.5) is 5.69 Å². The molecular weight excluding hydrogens is 270 g/mol. The molecule has 0 aliphatic carbocycles. The van der Waals surface area contributed by atoms with Crippen molar-refractivity contribution in [1.82, 2.24) is 0 Å². The molecule has 0 radical (unpaired) electrons. The number of esters is 1. The highest BCUT2D eigenvalue weighted by Gasteiger charge is 2.13. The number of carbonyl (C=O) groups excluding carboxylic acids is 1. The molecule has 0 atom stereocenters. The van der Waals surface area contributed by atoms with Gasteiger partial charge in [0.25, 0.3) is 0 Å². The lowest BCUT2D eigenvalue weighted by atomic mass is 10.1. The van der Waals surface area contributed by atoms with Crippen molar-refractivity contribution in [1.29, 1.82) is 0 Å². The van der Waals surface area contributed by atoms with Gasteiger partial charge in [0, 0.05) is 10.2 Å². The lowest BCUT2D eigenvalue weighted by Gasteiger charge is -2.09. The van der Waals surface area contributed by atoms with Gasteiger partial charge in [-0.05, 0) is 31.0 Å². The average molecular weight is 286 g/mol. The van der Waals surface area contributed by atoms with Crippen molar-refractivity contribution in [3.05, 3.63) is 27.7 Å². The molecule has 0 aliphatic rings. The van der Waals surface area contributed by atoms with Gasteiger partial charge in [0.2, 0.25) is 0 Å². The summed E-state index contributed by atoms with van der Waals surface area (Å²) in [5.74, 6) is -0.307. The molecule has 0 bridgehead atoms. The van der Waals surface area contributed by atoms with Gasteiger partial charge in [0.1, 0.15) is 0 Å². The standard InChI is InChI=1S/C12H16BrNO2/c1-3-4-5-16-12(15)10-6-9(13)7-11(14)8(10)2/h6-7H,3-5,14H2,1-2H3. The Morgan fingerprint density at radius 3 is 2.81 bits per heavy atom. The molecule has 16 heavy (non-hydrogen) atoms. The van der Waals surface area contributed by atoms with E-state index in [4.69, 9.17) is 10.5 Å². The molecule has 1 aromatic rings. The molecule has 0 aliphatic heterocycles. The summed E-state index contributed by atoms with van der Waals surface area (Å²) in [5.41, 5.74) is 7.67. The monoisotopic (exact) mass is 285 g/mol. The van der Waals surface area contributed by atoms with Crippen LogP contribution in [0.3, 0.4) is 0 Å². The van der Waals surface area contributed by atoms with Gasteiger partial charge < -0.3 is 10.5 Å². The fourth-order valence-corrected chi connectivity index (χ4v) is 1.77. The van der Waals surface area contributed by atoms with Crippen LogP contribution in [0.5, 0.6) is 0 Å². The summed E-state index contributed by atoms with van der Waals surface area (Å²) in [6.07, 6.45) is 1.89. The summed E-state index contributed by atoms with van der Waals surface area (Å²) in [6.45, 7) is 4.33. The van der Waals surface area contributed by atoms with E-state index in [0.717, 1.165) is 22.9 Å². The van der Waals surface area contributed by atoms with Crippen LogP contribution in [0.2, 0.25) is 0 Å². The molecule has 0 aromatic heterocycles. The fraction of sp³-hybridized carbons (Fsp3) is 0.417. The predicted molar refractivity (Wildman–Crippen MR) is 68.5 cm³/mol. The molecule has 2 N–H and O–H groups in total. The van der Waals surface area contributed by atoms with E-state index in [-0.39, 0.29) is 5.97 Å². The highest BCUT2D eigenvalue weighted by Crippen LogP contribution is 2.23. The Balaban J connectivity index is 2.82. The van der Waals surface area contributed by atoms with Crippen molar-refractivity contribution in [2.24, 2.45) is 0 Å². The number of rotatable bonds is 4. The first-order valence-corrected chi connectivity index (χ1v) is 6.08. The molecule has 0 spiro atoms. The minimum absolute atomic E-state index is 0.307. The van der Waals surface area contributed by atoms with Crippen LogP contribution in [0.15, 0.2) is 16.6 Å². The summed E-state index contributed by atoms with van der Waals surface area (Å²) in [4.78, 5) is 11.7. The fourth-order valence-electron chi connectivity index (χ4n) is 1.30. The molecule has 88 valence electrons. The van der Waals surface area contributed by atoms with Crippen LogP contribution in [0.1, 0.15) is 35.7 Å². The van der Waals surface area contributed by atoms with Gasteiger partial charge in [-0.1, -0.05) is 29.3 Å². The molecule has 0 heterocycles. The van der Waals surface area contributed by atoms with Crippen LogP contribution < -0.4 is 5.73 Å². The lowest BCUT2D eigenvalue weighted by molar-refractivity contribution is 0.0499. The van der Waals surface area contributed by atoms with Crippen molar-refractivity contribution < 1.29 is 9.53 Å². The zero-order valence-corrected chi connectivity index (χ0v) is 11.1. The lowest BCUT2D eigenvalue weighted by Crippen LogP contribution is -2.09. The van der Waals surface area contributed by atoms with Gasteiger partial charge in [-0.25, -0.2) is 4.79 Å². The Bertz CT molecular complexity index is 391. The Kier molecular flexibility index (Phi) is 4.80. The molecule has 0 fully saturated rings. The van der Waals surface area contributed by atoms with Crippen LogP contribution in [-0.2, 0) is 4.74 Å². The highest BCUT2D eigenvalue weighted by atomic mass is 79.9. The molecule has 0 unspecified atom stereocenters. The molecule has 1 rings (SSSR count). The number of unbranched alkanes of at least 4 members (excludes halogenated alkanes) is 1. The van der Waals surface area contributed by atoms with Crippen molar-refractivity contribution in [2.75, 3.05) is 12.3 Å². The van der Waals surface area contributed by atoms with Gasteiger partial charge in [-0.15, -0.1) is 0 Å². The van der Waals surface area contributed by atoms with Crippen molar-refractivity contribution in [2.45, 2.75) is 26.7 Å². The molecule has 0 saturated carbocycles. The van der Waals surface area contributed by atoms with E-state index in [2.05, 4.69) is 22.9 Å². The van der Waals surface area contributed by atoms with Crippen molar-refractivity contribution in [3.63, 3.8) is 0 Å². The molecular formula is C12H16BrNO2. The van der Waals surface area contributed by atoms with Crippen LogP contribution in [0.25, 0.3) is 0 Å². The number of anilines is 1. The number of halogens is 1. The van der Waals surface area contributed by atoms with Crippen LogP contribution >= 0.6 is 15.9 Å². The third kappa shape index (κ3) is 3.23. The topological polar surface area (TPSA) is 52.3 Å². The third-order valence-electron chi connectivity index (χ3n) is 2.36. The first kappa shape index (κ1) is 13.0. The SMILES string of the molecule is CCCCOC(=O)c1cc(Br)cc(N)c1C. The normalized spacial score (nSPS) is 10.2. The second-order valence-corrected chi connectivity index (χ2v) is 4.57. The van der Waals surface area contributed by atoms with E-state index in [1.165, 1.54) is 0 Å². The quantitative estimate of drug-likeness (QED) is 0.525. The van der Waals surface area contributed by atoms with Gasteiger partial charge in [-0.2, -0.15) is 0 Å². The van der Waals surface area contributed by atoms with Crippen molar-refractivity contribution >= 4 is 27.6 Å². The summed E-state index contributed by atoms with van der Waals surface area (Å²) in [6, 6.07) is 3.51. The minimum Gasteiger partial charge on any atom is -0.462 e. The molecule has 4 heteroatoms. The number of carbonyl (C=O) groups is 1. The van der Waals surface area contributed by atoms with Crippen LogP contribution in [-0.4, -0.2) is 12.6 Å². The van der Waals surface area contributed by atoms with Gasteiger partial charge in [0.05, 0.1) is 12.2 Å². The van der Waals surface area contributed by atoms with E-state index in [1.807, 2.05) is 6.92 Å². The summed E-state index contributed by atoms with van der Waals surface area (Å²) in [7, 11) is 0. The summed E-state index contributed by atoms with van der Waals surface area (Å²) >= 11 is 3.31. The van der Waals surface area contributed by atoms with Gasteiger partial charge in [0.15, 0.2) is 0 Å². The molecule has 3 nitrogen and oxygen atoms in total. The summed E-state index contributed by atoms with van der Waals surface area (Å²) in [5, 5.41) is 0. The number of ether oxygens (including phenoxy) is 1. The second-order valence-electron chi connectivity index (χ2n) is 3.66. The number of benzene rings is 1. The second kappa shape index (κ2) is 5.89. The maximum atomic E-state index is 11.7. The first-order chi connectivity index (χ1) is 7.56. The molecule has 0 amide bonds. The van der Waals surface area contributed by atoms with Gasteiger partial charge >= 0.3 is 5.97 Å². The van der Waals surface area contributed by atoms with E-state index in [1.54, 1.807) is 12.1 Å². The minimum atomic E-state index is -0.307.